The lowest BCUT2D eigenvalue weighted by molar-refractivity contribution is -0.138. The Morgan fingerprint density at radius 1 is 0.679 bits per heavy atom. The van der Waals surface area contributed by atoms with Crippen LogP contribution in [-0.4, -0.2) is 0 Å². The fraction of sp³-hybridized carbons (Fsp3) is 0.0476. The van der Waals surface area contributed by atoms with Gasteiger partial charge in [-0.25, -0.2) is 0 Å². The number of hydrogen-bond donors (Lipinski definition) is 0. The van der Waals surface area contributed by atoms with Gasteiger partial charge in [-0.1, -0.05) is 18.2 Å². The fourth-order valence-electron chi connectivity index (χ4n) is 2.41. The average molecular weight is 380 g/mol. The van der Waals surface area contributed by atoms with Gasteiger partial charge in [-0.3, -0.25) is 0 Å². The molecule has 0 fully saturated rings. The third kappa shape index (κ3) is 4.22. The van der Waals surface area contributed by atoms with Crippen LogP contribution >= 0.6 is 0 Å². The van der Waals surface area contributed by atoms with Gasteiger partial charge in [0.05, 0.1) is 16.7 Å². The Balaban J connectivity index is 1.96. The Morgan fingerprint density at radius 2 is 1.32 bits per heavy atom. The lowest BCUT2D eigenvalue weighted by Gasteiger charge is -2.15. The Labute approximate surface area is 158 Å². The molecule has 0 N–H and O–H groups in total. The number of alkyl halides is 3. The maximum atomic E-state index is 13.3. The zero-order chi connectivity index (χ0) is 20.1. The van der Waals surface area contributed by atoms with Crippen molar-refractivity contribution in [3.63, 3.8) is 0 Å². The normalized spacial score (nSPS) is 10.6. The second-order valence-corrected chi connectivity index (χ2v) is 5.60. The summed E-state index contributed by atoms with van der Waals surface area (Å²) >= 11 is 0. The molecule has 0 unspecified atom stereocenters. The van der Waals surface area contributed by atoms with Crippen molar-refractivity contribution in [1.82, 2.24) is 0 Å². The molecule has 0 aromatic heterocycles. The Morgan fingerprint density at radius 3 is 1.96 bits per heavy atom. The number of nitriles is 2. The minimum absolute atomic E-state index is 0.0903. The van der Waals surface area contributed by atoms with Gasteiger partial charge >= 0.3 is 6.18 Å². The molecule has 4 nitrogen and oxygen atoms in total. The van der Waals surface area contributed by atoms with Crippen LogP contribution in [0.1, 0.15) is 16.7 Å². The van der Waals surface area contributed by atoms with Gasteiger partial charge in [0.2, 0.25) is 0 Å². The summed E-state index contributed by atoms with van der Waals surface area (Å²) in [5, 5.41) is 18.0. The molecule has 0 bridgehead atoms. The number of rotatable bonds is 4. The molecule has 0 amide bonds. The maximum absolute atomic E-state index is 13.3. The molecule has 28 heavy (non-hydrogen) atoms. The monoisotopic (exact) mass is 380 g/mol. The summed E-state index contributed by atoms with van der Waals surface area (Å²) in [6, 6.07) is 19.2. The zero-order valence-electron chi connectivity index (χ0n) is 14.2. The molecular formula is C21H11F3N2O2. The quantitative estimate of drug-likeness (QED) is 0.554. The first kappa shape index (κ1) is 18.8. The largest absolute Gasteiger partial charge is 0.457 e. The lowest BCUT2D eigenvalue weighted by atomic mass is 10.1. The number of para-hydroxylation sites is 1. The van der Waals surface area contributed by atoms with Gasteiger partial charge in [0, 0.05) is 6.07 Å². The summed E-state index contributed by atoms with van der Waals surface area (Å²) in [7, 11) is 0. The predicted octanol–water partition coefficient (Wildman–Crippen LogP) is 6.03. The van der Waals surface area contributed by atoms with E-state index in [2.05, 4.69) is 0 Å². The molecule has 0 atom stereocenters. The molecule has 0 heterocycles. The van der Waals surface area contributed by atoms with E-state index in [1.54, 1.807) is 18.2 Å². The van der Waals surface area contributed by atoms with Crippen LogP contribution in [0.25, 0.3) is 0 Å². The van der Waals surface area contributed by atoms with Crippen molar-refractivity contribution >= 4 is 0 Å². The molecule has 3 rings (SSSR count). The van der Waals surface area contributed by atoms with Gasteiger partial charge < -0.3 is 9.47 Å². The molecule has 0 radical (unpaired) electrons. The fourth-order valence-corrected chi connectivity index (χ4v) is 2.41. The highest BCUT2D eigenvalue weighted by atomic mass is 19.4. The first-order valence-electron chi connectivity index (χ1n) is 7.97. The number of hydrogen-bond acceptors (Lipinski definition) is 4. The van der Waals surface area contributed by atoms with Crippen LogP contribution in [0.4, 0.5) is 13.2 Å². The Kier molecular flexibility index (Phi) is 5.19. The SMILES string of the molecule is N#Cc1ccc(Oc2ccc(C(F)(F)F)c(Oc3ccccc3)c2)cc1C#N. The van der Waals surface area contributed by atoms with Gasteiger partial charge in [-0.2, -0.15) is 23.7 Å². The molecule has 0 saturated carbocycles. The second-order valence-electron chi connectivity index (χ2n) is 5.60. The molecule has 3 aromatic carbocycles. The van der Waals surface area contributed by atoms with E-state index in [4.69, 9.17) is 20.0 Å². The summed E-state index contributed by atoms with van der Waals surface area (Å²) in [4.78, 5) is 0. The number of nitrogens with zero attached hydrogens (tertiary/aromatic N) is 2. The second kappa shape index (κ2) is 7.73. The van der Waals surface area contributed by atoms with E-state index in [1.165, 1.54) is 30.3 Å². The first-order valence-corrected chi connectivity index (χ1v) is 7.97. The van der Waals surface area contributed by atoms with E-state index < -0.39 is 17.5 Å². The third-order valence-electron chi connectivity index (χ3n) is 3.70. The van der Waals surface area contributed by atoms with E-state index in [9.17, 15) is 13.2 Å². The van der Waals surface area contributed by atoms with Crippen LogP contribution in [0.15, 0.2) is 66.7 Å². The molecule has 7 heteroatoms. The predicted molar refractivity (Wildman–Crippen MR) is 93.9 cm³/mol. The molecule has 3 aromatic rings. The van der Waals surface area contributed by atoms with Crippen LogP contribution in [0.3, 0.4) is 0 Å². The van der Waals surface area contributed by atoms with Crippen LogP contribution in [0, 0.1) is 22.7 Å². The first-order chi connectivity index (χ1) is 13.4. The number of benzene rings is 3. The van der Waals surface area contributed by atoms with Gasteiger partial charge in [0.25, 0.3) is 0 Å². The van der Waals surface area contributed by atoms with E-state index in [1.807, 2.05) is 12.1 Å². The van der Waals surface area contributed by atoms with Gasteiger partial charge in [-0.05, 0) is 42.5 Å². The van der Waals surface area contributed by atoms with Crippen LogP contribution in [0.5, 0.6) is 23.0 Å². The van der Waals surface area contributed by atoms with E-state index in [0.717, 1.165) is 18.2 Å². The molecule has 0 spiro atoms. The van der Waals surface area contributed by atoms with Crippen molar-refractivity contribution in [2.75, 3.05) is 0 Å². The van der Waals surface area contributed by atoms with Crippen LogP contribution in [-0.2, 0) is 6.18 Å². The number of ether oxygens (including phenoxy) is 2. The molecule has 0 aliphatic rings. The van der Waals surface area contributed by atoms with Crippen LogP contribution < -0.4 is 9.47 Å². The molecular weight excluding hydrogens is 369 g/mol. The average Bonchev–Trinajstić information content (AvgIpc) is 2.68. The molecule has 0 saturated heterocycles. The minimum Gasteiger partial charge on any atom is -0.457 e. The lowest BCUT2D eigenvalue weighted by Crippen LogP contribution is -2.07. The van der Waals surface area contributed by atoms with Crippen molar-refractivity contribution in [2.45, 2.75) is 6.18 Å². The standard InChI is InChI=1S/C21H11F3N2O2/c22-21(23,24)19-9-8-18(11-20(19)28-16-4-2-1-3-5-16)27-17-7-6-14(12-25)15(10-17)13-26/h1-11H. The highest BCUT2D eigenvalue weighted by Crippen LogP contribution is 2.40. The van der Waals surface area contributed by atoms with Gasteiger partial charge in [0.1, 0.15) is 35.1 Å². The Bertz CT molecular complexity index is 1080. The molecule has 138 valence electrons. The highest BCUT2D eigenvalue weighted by Gasteiger charge is 2.35. The van der Waals surface area contributed by atoms with Crippen molar-refractivity contribution in [3.8, 4) is 35.1 Å². The van der Waals surface area contributed by atoms with Gasteiger partial charge in [-0.15, -0.1) is 0 Å². The minimum atomic E-state index is -4.61. The van der Waals surface area contributed by atoms with E-state index in [0.29, 0.717) is 0 Å². The highest BCUT2D eigenvalue weighted by molar-refractivity contribution is 5.51. The van der Waals surface area contributed by atoms with E-state index in [-0.39, 0.29) is 28.4 Å². The summed E-state index contributed by atoms with van der Waals surface area (Å²) < 4.78 is 50.9. The van der Waals surface area contributed by atoms with Crippen molar-refractivity contribution in [1.29, 1.82) is 10.5 Å². The summed E-state index contributed by atoms with van der Waals surface area (Å²) in [5.41, 5.74) is -0.663. The maximum Gasteiger partial charge on any atom is 0.419 e. The summed E-state index contributed by atoms with van der Waals surface area (Å²) in [6.45, 7) is 0. The van der Waals surface area contributed by atoms with E-state index >= 15 is 0 Å². The molecule has 0 aliphatic carbocycles. The smallest absolute Gasteiger partial charge is 0.419 e. The van der Waals surface area contributed by atoms with Gasteiger partial charge in [0.15, 0.2) is 0 Å². The number of halogens is 3. The van der Waals surface area contributed by atoms with Crippen molar-refractivity contribution in [3.05, 3.63) is 83.4 Å². The summed E-state index contributed by atoms with van der Waals surface area (Å²) in [6.07, 6.45) is -4.61. The van der Waals surface area contributed by atoms with Crippen molar-refractivity contribution in [2.24, 2.45) is 0 Å². The summed E-state index contributed by atoms with van der Waals surface area (Å²) in [5.74, 6) is 0.133. The van der Waals surface area contributed by atoms with Crippen LogP contribution in [0.2, 0.25) is 0 Å². The third-order valence-corrected chi connectivity index (χ3v) is 3.70. The topological polar surface area (TPSA) is 66.0 Å². The zero-order valence-corrected chi connectivity index (χ0v) is 14.2. The van der Waals surface area contributed by atoms with Crippen molar-refractivity contribution < 1.29 is 22.6 Å². The Hall–Kier alpha value is -3.97. The molecule has 0 aliphatic heterocycles.